The molecule has 0 amide bonds. The van der Waals surface area contributed by atoms with E-state index < -0.39 is 0 Å². The van der Waals surface area contributed by atoms with Gasteiger partial charge in [-0.15, -0.1) is 0 Å². The molecule has 1 aromatic rings. The molecule has 2 rings (SSSR count). The van der Waals surface area contributed by atoms with E-state index in [9.17, 15) is 4.79 Å². The molecule has 7 nitrogen and oxygen atoms in total. The molecule has 1 heterocycles. The van der Waals surface area contributed by atoms with Gasteiger partial charge in [-0.2, -0.15) is 0 Å². The lowest BCUT2D eigenvalue weighted by atomic mass is 10.0. The highest BCUT2D eigenvalue weighted by atomic mass is 16.5. The number of ether oxygens (including phenoxy) is 3. The normalized spacial score (nSPS) is 15.0. The second-order valence-corrected chi connectivity index (χ2v) is 12.4. The van der Waals surface area contributed by atoms with Gasteiger partial charge in [-0.25, -0.2) is 0 Å². The Morgan fingerprint density at radius 1 is 0.767 bits per heavy atom. The van der Waals surface area contributed by atoms with Crippen molar-refractivity contribution >= 4 is 5.97 Å². The molecular formula is C36H64N2O5. The van der Waals surface area contributed by atoms with Crippen molar-refractivity contribution in [2.24, 2.45) is 5.92 Å². The number of aliphatic hydroxyl groups excluding tert-OH is 1. The number of rotatable bonds is 26. The minimum atomic E-state index is -0.159. The topological polar surface area (TPSA) is 71.5 Å². The van der Waals surface area contributed by atoms with Gasteiger partial charge in [0.1, 0.15) is 18.1 Å². The van der Waals surface area contributed by atoms with Crippen LogP contribution in [0.2, 0.25) is 0 Å². The molecule has 1 aliphatic heterocycles. The van der Waals surface area contributed by atoms with E-state index in [2.05, 4.69) is 30.6 Å². The van der Waals surface area contributed by atoms with E-state index in [1.54, 1.807) is 0 Å². The van der Waals surface area contributed by atoms with Crippen molar-refractivity contribution in [2.75, 3.05) is 59.1 Å². The van der Waals surface area contributed by atoms with Crippen molar-refractivity contribution in [1.82, 2.24) is 9.80 Å². The average molecular weight is 605 g/mol. The first-order valence-electron chi connectivity index (χ1n) is 17.7. The molecule has 43 heavy (non-hydrogen) atoms. The summed E-state index contributed by atoms with van der Waals surface area (Å²) in [5, 5.41) is 9.12. The molecule has 1 aromatic carbocycles. The fourth-order valence-corrected chi connectivity index (χ4v) is 5.66. The molecule has 0 radical (unpaired) electrons. The van der Waals surface area contributed by atoms with Crippen molar-refractivity contribution < 1.29 is 24.1 Å². The monoisotopic (exact) mass is 604 g/mol. The Balaban J connectivity index is 1.79. The van der Waals surface area contributed by atoms with E-state index in [1.165, 1.54) is 70.6 Å². The van der Waals surface area contributed by atoms with Gasteiger partial charge in [-0.1, -0.05) is 91.4 Å². The third kappa shape index (κ3) is 17.9. The van der Waals surface area contributed by atoms with Crippen molar-refractivity contribution in [3.63, 3.8) is 0 Å². The first kappa shape index (κ1) is 37.4. The standard InChI is InChI=1S/C36H64N2O5/c1-4-7-9-10-11-12-13-14-15-26-41-34-27-33(28-35(29-34)42-30-32(6-3)17-8-5-2)31-43-36(40)18-16-19-37-20-22-38(23-21-37)24-25-39/h27-29,32,39H,4-26,30-31H2,1-3H3. The molecule has 0 spiro atoms. The summed E-state index contributed by atoms with van der Waals surface area (Å²) in [4.78, 5) is 17.2. The third-order valence-electron chi connectivity index (χ3n) is 8.62. The van der Waals surface area contributed by atoms with Gasteiger partial charge < -0.3 is 24.2 Å². The Hall–Kier alpha value is -1.83. The molecule has 7 heteroatoms. The molecule has 0 aromatic heterocycles. The maximum Gasteiger partial charge on any atom is 0.306 e. The molecule has 0 aliphatic carbocycles. The summed E-state index contributed by atoms with van der Waals surface area (Å²) >= 11 is 0. The molecule has 0 bridgehead atoms. The Kier molecular flexibility index (Phi) is 21.3. The second-order valence-electron chi connectivity index (χ2n) is 12.4. The van der Waals surface area contributed by atoms with Crippen LogP contribution in [0.15, 0.2) is 18.2 Å². The maximum absolute atomic E-state index is 12.6. The third-order valence-corrected chi connectivity index (χ3v) is 8.62. The number of nitrogens with zero attached hydrogens (tertiary/aromatic N) is 2. The van der Waals surface area contributed by atoms with Crippen LogP contribution in [0.25, 0.3) is 0 Å². The first-order chi connectivity index (χ1) is 21.1. The van der Waals surface area contributed by atoms with E-state index in [0.717, 1.165) is 75.6 Å². The number of hydrogen-bond donors (Lipinski definition) is 1. The lowest BCUT2D eigenvalue weighted by Crippen LogP contribution is -2.47. The van der Waals surface area contributed by atoms with Crippen LogP contribution in [-0.4, -0.2) is 80.0 Å². The molecule has 1 atom stereocenters. The quantitative estimate of drug-likeness (QED) is 0.0861. The molecule has 1 N–H and O–H groups in total. The van der Waals surface area contributed by atoms with Crippen molar-refractivity contribution in [2.45, 2.75) is 124 Å². The van der Waals surface area contributed by atoms with E-state index in [0.29, 0.717) is 25.6 Å². The Labute approximate surface area is 263 Å². The lowest BCUT2D eigenvalue weighted by Gasteiger charge is -2.34. The molecule has 1 saturated heterocycles. The highest BCUT2D eigenvalue weighted by Gasteiger charge is 2.16. The number of piperazine rings is 1. The maximum atomic E-state index is 12.6. The summed E-state index contributed by atoms with van der Waals surface area (Å²) in [5.41, 5.74) is 0.912. The Bertz CT molecular complexity index is 828. The zero-order chi connectivity index (χ0) is 31.0. The van der Waals surface area contributed by atoms with Crippen molar-refractivity contribution in [1.29, 1.82) is 0 Å². The second kappa shape index (κ2) is 24.5. The summed E-state index contributed by atoms with van der Waals surface area (Å²) in [6, 6.07) is 5.98. The number of carbonyl (C=O) groups excluding carboxylic acids is 1. The molecule has 1 unspecified atom stereocenters. The lowest BCUT2D eigenvalue weighted by molar-refractivity contribution is -0.145. The molecule has 0 saturated carbocycles. The van der Waals surface area contributed by atoms with Crippen molar-refractivity contribution in [3.05, 3.63) is 23.8 Å². The van der Waals surface area contributed by atoms with Gasteiger partial charge in [0, 0.05) is 45.2 Å². The fourth-order valence-electron chi connectivity index (χ4n) is 5.66. The molecule has 248 valence electrons. The minimum absolute atomic E-state index is 0.159. The van der Waals surface area contributed by atoms with Gasteiger partial charge in [0.15, 0.2) is 0 Å². The van der Waals surface area contributed by atoms with E-state index >= 15 is 0 Å². The van der Waals surface area contributed by atoms with Gasteiger partial charge in [0.25, 0.3) is 0 Å². The zero-order valence-electron chi connectivity index (χ0n) is 28.0. The number of carbonyl (C=O) groups is 1. The van der Waals surface area contributed by atoms with Crippen LogP contribution in [0.5, 0.6) is 11.5 Å². The zero-order valence-corrected chi connectivity index (χ0v) is 28.0. The largest absolute Gasteiger partial charge is 0.493 e. The van der Waals surface area contributed by atoms with Crippen LogP contribution in [0.1, 0.15) is 123 Å². The predicted molar refractivity (Wildman–Crippen MR) is 177 cm³/mol. The summed E-state index contributed by atoms with van der Waals surface area (Å²) < 4.78 is 18.1. The SMILES string of the molecule is CCCCCCCCCCCOc1cc(COC(=O)CCCN2CCN(CCO)CC2)cc(OCC(CC)CCCC)c1. The smallest absolute Gasteiger partial charge is 0.306 e. The fraction of sp³-hybridized carbons (Fsp3) is 0.806. The van der Waals surface area contributed by atoms with Crippen LogP contribution in [0.4, 0.5) is 0 Å². The van der Waals surface area contributed by atoms with Gasteiger partial charge in [-0.05, 0) is 49.4 Å². The predicted octanol–water partition coefficient (Wildman–Crippen LogP) is 7.62. The average Bonchev–Trinajstić information content (AvgIpc) is 3.02. The Morgan fingerprint density at radius 3 is 2.00 bits per heavy atom. The minimum Gasteiger partial charge on any atom is -0.493 e. The van der Waals surface area contributed by atoms with Crippen LogP contribution in [0.3, 0.4) is 0 Å². The van der Waals surface area contributed by atoms with Gasteiger partial charge in [0.2, 0.25) is 0 Å². The highest BCUT2D eigenvalue weighted by molar-refractivity contribution is 5.69. The van der Waals surface area contributed by atoms with Crippen LogP contribution >= 0.6 is 0 Å². The molecule has 1 aliphatic rings. The van der Waals surface area contributed by atoms with Gasteiger partial charge in [-0.3, -0.25) is 9.69 Å². The summed E-state index contributed by atoms with van der Waals surface area (Å²) in [6.07, 6.45) is 17.5. The van der Waals surface area contributed by atoms with E-state index in [-0.39, 0.29) is 19.2 Å². The van der Waals surface area contributed by atoms with E-state index in [1.807, 2.05) is 18.2 Å². The highest BCUT2D eigenvalue weighted by Crippen LogP contribution is 2.26. The Morgan fingerprint density at radius 2 is 1.37 bits per heavy atom. The van der Waals surface area contributed by atoms with Crippen LogP contribution in [-0.2, 0) is 16.1 Å². The summed E-state index contributed by atoms with van der Waals surface area (Å²) in [5.74, 6) is 1.98. The van der Waals surface area contributed by atoms with Crippen LogP contribution in [0, 0.1) is 5.92 Å². The molecular weight excluding hydrogens is 540 g/mol. The first-order valence-corrected chi connectivity index (χ1v) is 17.7. The number of β-amino-alcohol motifs (C(OH)–C–C–N with tert-alkyl or cyclic N) is 1. The number of benzene rings is 1. The van der Waals surface area contributed by atoms with E-state index in [4.69, 9.17) is 19.3 Å². The van der Waals surface area contributed by atoms with Crippen LogP contribution < -0.4 is 9.47 Å². The van der Waals surface area contributed by atoms with Gasteiger partial charge in [0.05, 0.1) is 19.8 Å². The number of hydrogen-bond acceptors (Lipinski definition) is 7. The van der Waals surface area contributed by atoms with Gasteiger partial charge >= 0.3 is 5.97 Å². The number of unbranched alkanes of at least 4 members (excludes halogenated alkanes) is 9. The molecule has 1 fully saturated rings. The van der Waals surface area contributed by atoms with Crippen molar-refractivity contribution in [3.8, 4) is 11.5 Å². The summed E-state index contributed by atoms with van der Waals surface area (Å²) in [7, 11) is 0. The number of esters is 1. The summed E-state index contributed by atoms with van der Waals surface area (Å²) in [6.45, 7) is 14.1. The number of aliphatic hydroxyl groups is 1.